The van der Waals surface area contributed by atoms with Crippen molar-refractivity contribution in [1.82, 2.24) is 0 Å². The minimum atomic E-state index is -0.522. The molecule has 0 unspecified atom stereocenters. The van der Waals surface area contributed by atoms with E-state index in [9.17, 15) is 10.5 Å². The monoisotopic (exact) mass is 313 g/mol. The van der Waals surface area contributed by atoms with Crippen molar-refractivity contribution in [3.05, 3.63) is 88.3 Å². The molecule has 0 spiro atoms. The molecule has 2 aromatic carbocycles. The third-order valence-electron chi connectivity index (χ3n) is 3.99. The molecule has 0 fully saturated rings. The summed E-state index contributed by atoms with van der Waals surface area (Å²) in [5.74, 6) is -0.0740. The van der Waals surface area contributed by atoms with Crippen molar-refractivity contribution < 1.29 is 4.74 Å². The van der Waals surface area contributed by atoms with E-state index in [0.717, 1.165) is 16.7 Å². The fourth-order valence-electron chi connectivity index (χ4n) is 2.77. The molecule has 1 atom stereocenters. The van der Waals surface area contributed by atoms with Crippen molar-refractivity contribution in [1.29, 1.82) is 10.5 Å². The van der Waals surface area contributed by atoms with Gasteiger partial charge in [-0.1, -0.05) is 60.2 Å². The number of allylic oxidation sites excluding steroid dienone is 2. The molecule has 116 valence electrons. The molecule has 24 heavy (non-hydrogen) atoms. The first-order chi connectivity index (χ1) is 11.7. The summed E-state index contributed by atoms with van der Waals surface area (Å²) < 4.78 is 5.66. The number of rotatable bonds is 2. The van der Waals surface area contributed by atoms with Crippen LogP contribution in [0.5, 0.6) is 0 Å². The lowest BCUT2D eigenvalue weighted by atomic mass is 9.82. The Labute approximate surface area is 140 Å². The maximum absolute atomic E-state index is 9.75. The van der Waals surface area contributed by atoms with E-state index < -0.39 is 5.92 Å². The first kappa shape index (κ1) is 15.4. The van der Waals surface area contributed by atoms with Crippen LogP contribution >= 0.6 is 0 Å². The van der Waals surface area contributed by atoms with Crippen LogP contribution in [0, 0.1) is 29.6 Å². The van der Waals surface area contributed by atoms with Crippen LogP contribution in [0.1, 0.15) is 22.6 Å². The predicted molar refractivity (Wildman–Crippen MR) is 90.8 cm³/mol. The minimum absolute atomic E-state index is 0.0425. The van der Waals surface area contributed by atoms with Gasteiger partial charge in [0.25, 0.3) is 0 Å². The highest BCUT2D eigenvalue weighted by molar-refractivity contribution is 5.73. The summed E-state index contributed by atoms with van der Waals surface area (Å²) in [5, 5.41) is 19.2. The van der Waals surface area contributed by atoms with Gasteiger partial charge in [-0.25, -0.2) is 0 Å². The molecule has 2 N–H and O–H groups in total. The fraction of sp³-hybridized carbons (Fsp3) is 0.100. The minimum Gasteiger partial charge on any atom is -0.439 e. The Bertz CT molecular complexity index is 910. The fourth-order valence-corrected chi connectivity index (χ4v) is 2.77. The third kappa shape index (κ3) is 2.62. The van der Waals surface area contributed by atoms with Gasteiger partial charge in [-0.3, -0.25) is 0 Å². The van der Waals surface area contributed by atoms with Crippen LogP contribution < -0.4 is 5.73 Å². The van der Waals surface area contributed by atoms with Gasteiger partial charge >= 0.3 is 0 Å². The van der Waals surface area contributed by atoms with Gasteiger partial charge in [0.1, 0.15) is 11.6 Å². The molecule has 0 radical (unpaired) electrons. The molecule has 4 heteroatoms. The Morgan fingerprint density at radius 2 is 1.54 bits per heavy atom. The molecule has 3 rings (SSSR count). The van der Waals surface area contributed by atoms with Crippen molar-refractivity contribution >= 4 is 5.76 Å². The average Bonchev–Trinajstić information content (AvgIpc) is 2.62. The Kier molecular flexibility index (Phi) is 4.05. The Morgan fingerprint density at radius 1 is 0.917 bits per heavy atom. The van der Waals surface area contributed by atoms with Gasteiger partial charge in [0.15, 0.2) is 5.76 Å². The SMILES string of the molecule is Cc1ccc(C2=C(C#N)[C@H](c3ccccc3)C(C#N)=C(N)O2)cc1. The second kappa shape index (κ2) is 6.32. The second-order valence-corrected chi connectivity index (χ2v) is 5.56. The maximum atomic E-state index is 9.75. The summed E-state index contributed by atoms with van der Waals surface area (Å²) in [7, 11) is 0. The first-order valence-electron chi connectivity index (χ1n) is 7.49. The molecular formula is C20H15N3O. The normalized spacial score (nSPS) is 17.0. The van der Waals surface area contributed by atoms with Crippen LogP contribution in [0.3, 0.4) is 0 Å². The van der Waals surface area contributed by atoms with Crippen molar-refractivity contribution in [2.24, 2.45) is 5.73 Å². The molecule has 0 aromatic heterocycles. The summed E-state index contributed by atoms with van der Waals surface area (Å²) in [6.07, 6.45) is 0. The lowest BCUT2D eigenvalue weighted by Gasteiger charge is -2.26. The Hall–Kier alpha value is -3.50. The van der Waals surface area contributed by atoms with Crippen molar-refractivity contribution in [3.63, 3.8) is 0 Å². The standard InChI is InChI=1S/C20H15N3O/c1-13-7-9-15(10-8-13)19-16(11-21)18(14-5-3-2-4-6-14)17(12-22)20(23)24-19/h2-10,18H,23H2,1H3/t18-/m0/s1. The zero-order valence-corrected chi connectivity index (χ0v) is 13.2. The van der Waals surface area contributed by atoms with Gasteiger partial charge in [-0.15, -0.1) is 0 Å². The van der Waals surface area contributed by atoms with Gasteiger partial charge in [0.2, 0.25) is 5.88 Å². The highest BCUT2D eigenvalue weighted by atomic mass is 16.5. The average molecular weight is 313 g/mol. The van der Waals surface area contributed by atoms with Gasteiger partial charge < -0.3 is 10.5 Å². The summed E-state index contributed by atoms with van der Waals surface area (Å²) >= 11 is 0. The summed E-state index contributed by atoms with van der Waals surface area (Å²) in [5.41, 5.74) is 9.33. The molecule has 0 amide bonds. The van der Waals surface area contributed by atoms with Crippen LogP contribution in [0.25, 0.3) is 5.76 Å². The summed E-state index contributed by atoms with van der Waals surface area (Å²) in [4.78, 5) is 0. The maximum Gasteiger partial charge on any atom is 0.205 e. The molecular weight excluding hydrogens is 298 g/mol. The quantitative estimate of drug-likeness (QED) is 0.915. The second-order valence-electron chi connectivity index (χ2n) is 5.56. The molecule has 4 nitrogen and oxygen atoms in total. The third-order valence-corrected chi connectivity index (χ3v) is 3.99. The van der Waals surface area contributed by atoms with E-state index in [4.69, 9.17) is 10.5 Å². The number of hydrogen-bond donors (Lipinski definition) is 1. The van der Waals surface area contributed by atoms with E-state index in [1.54, 1.807) is 0 Å². The van der Waals surface area contributed by atoms with Crippen molar-refractivity contribution in [2.75, 3.05) is 0 Å². The predicted octanol–water partition coefficient (Wildman–Crippen LogP) is 3.74. The Balaban J connectivity index is 2.22. The summed E-state index contributed by atoms with van der Waals surface area (Å²) in [6.45, 7) is 1.99. The van der Waals surface area contributed by atoms with Crippen LogP contribution in [0.15, 0.2) is 71.6 Å². The van der Waals surface area contributed by atoms with E-state index in [2.05, 4.69) is 12.1 Å². The zero-order chi connectivity index (χ0) is 17.1. The molecule has 0 saturated heterocycles. The number of aryl methyl sites for hydroxylation is 1. The summed E-state index contributed by atoms with van der Waals surface area (Å²) in [6, 6.07) is 21.3. The lowest BCUT2D eigenvalue weighted by Crippen LogP contribution is -2.20. The molecule has 2 aromatic rings. The van der Waals surface area contributed by atoms with E-state index in [1.165, 1.54) is 0 Å². The number of nitrogens with two attached hydrogens (primary N) is 1. The van der Waals surface area contributed by atoms with Crippen molar-refractivity contribution in [3.8, 4) is 12.1 Å². The number of hydrogen-bond acceptors (Lipinski definition) is 4. The molecule has 0 bridgehead atoms. The Morgan fingerprint density at radius 3 is 2.12 bits per heavy atom. The highest BCUT2D eigenvalue weighted by Crippen LogP contribution is 2.41. The molecule has 1 aliphatic rings. The topological polar surface area (TPSA) is 82.8 Å². The van der Waals surface area contributed by atoms with Crippen LogP contribution in [0.4, 0.5) is 0 Å². The molecule has 0 aliphatic carbocycles. The van der Waals surface area contributed by atoms with Crippen LogP contribution in [-0.2, 0) is 4.74 Å². The number of ether oxygens (including phenoxy) is 1. The number of nitrogens with zero attached hydrogens (tertiary/aromatic N) is 2. The highest BCUT2D eigenvalue weighted by Gasteiger charge is 2.33. The van der Waals surface area contributed by atoms with Gasteiger partial charge in [0.05, 0.1) is 17.6 Å². The van der Waals surface area contributed by atoms with Gasteiger partial charge in [-0.2, -0.15) is 10.5 Å². The lowest BCUT2D eigenvalue weighted by molar-refractivity contribution is 0.357. The van der Waals surface area contributed by atoms with E-state index in [0.29, 0.717) is 11.3 Å². The largest absolute Gasteiger partial charge is 0.439 e. The van der Waals surface area contributed by atoms with Crippen LogP contribution in [-0.4, -0.2) is 0 Å². The van der Waals surface area contributed by atoms with Gasteiger partial charge in [0, 0.05) is 5.56 Å². The van der Waals surface area contributed by atoms with Gasteiger partial charge in [-0.05, 0) is 12.5 Å². The smallest absolute Gasteiger partial charge is 0.205 e. The zero-order valence-electron chi connectivity index (χ0n) is 13.2. The molecule has 1 aliphatic heterocycles. The first-order valence-corrected chi connectivity index (χ1v) is 7.49. The van der Waals surface area contributed by atoms with E-state index in [1.807, 2.05) is 61.5 Å². The van der Waals surface area contributed by atoms with Crippen LogP contribution in [0.2, 0.25) is 0 Å². The number of nitriles is 2. The van der Waals surface area contributed by atoms with E-state index in [-0.39, 0.29) is 11.5 Å². The molecule has 1 heterocycles. The number of benzene rings is 2. The van der Waals surface area contributed by atoms with Crippen molar-refractivity contribution in [2.45, 2.75) is 12.8 Å². The molecule has 0 saturated carbocycles. The van der Waals surface area contributed by atoms with E-state index >= 15 is 0 Å².